The van der Waals surface area contributed by atoms with E-state index in [0.29, 0.717) is 23.7 Å². The van der Waals surface area contributed by atoms with E-state index in [1.807, 2.05) is 0 Å². The first-order valence-corrected chi connectivity index (χ1v) is 10.1. The molecule has 5 aliphatic rings. The first-order chi connectivity index (χ1) is 11.4. The van der Waals surface area contributed by atoms with Crippen molar-refractivity contribution in [2.45, 2.75) is 70.5 Å². The largest absolute Gasteiger partial charge is 0.393 e. The quantitative estimate of drug-likeness (QED) is 0.647. The number of aliphatic hydroxyl groups is 3. The molecule has 0 radical (unpaired) electrons. The Labute approximate surface area is 145 Å². The summed E-state index contributed by atoms with van der Waals surface area (Å²) >= 11 is 0. The van der Waals surface area contributed by atoms with E-state index in [2.05, 4.69) is 19.9 Å². The van der Waals surface area contributed by atoms with Crippen LogP contribution in [-0.2, 0) is 0 Å². The Morgan fingerprint density at radius 3 is 2.75 bits per heavy atom. The van der Waals surface area contributed by atoms with Gasteiger partial charge in [0.15, 0.2) is 0 Å². The highest BCUT2D eigenvalue weighted by molar-refractivity contribution is 5.32. The lowest BCUT2D eigenvalue weighted by atomic mass is 9.46. The Morgan fingerprint density at radius 1 is 1.21 bits per heavy atom. The van der Waals surface area contributed by atoms with Crippen molar-refractivity contribution in [2.75, 3.05) is 6.61 Å². The number of aliphatic hydroxyl groups excluding tert-OH is 2. The second-order valence-corrected chi connectivity index (χ2v) is 10.1. The molecule has 3 N–H and O–H groups in total. The van der Waals surface area contributed by atoms with Crippen molar-refractivity contribution in [1.82, 2.24) is 0 Å². The molecule has 0 unspecified atom stereocenters. The third kappa shape index (κ3) is 1.61. The molecule has 0 saturated heterocycles. The molecular weight excluding hydrogens is 300 g/mol. The number of hydrogen-bond donors (Lipinski definition) is 3. The first kappa shape index (κ1) is 15.8. The van der Waals surface area contributed by atoms with E-state index < -0.39 is 5.60 Å². The molecule has 0 bridgehead atoms. The number of allylic oxidation sites excluding steroid dienone is 1. The summed E-state index contributed by atoms with van der Waals surface area (Å²) in [5.41, 5.74) is 0.827. The fraction of sp³-hybridized carbons (Fsp3) is 0.905. The van der Waals surface area contributed by atoms with Crippen LogP contribution in [0.4, 0.5) is 0 Å². The summed E-state index contributed by atoms with van der Waals surface area (Å²) in [6.45, 7) is 4.62. The summed E-state index contributed by atoms with van der Waals surface area (Å²) in [7, 11) is 0. The molecule has 4 saturated carbocycles. The van der Waals surface area contributed by atoms with Crippen LogP contribution in [0, 0.1) is 40.4 Å². The van der Waals surface area contributed by atoms with E-state index in [4.69, 9.17) is 0 Å². The lowest BCUT2D eigenvalue weighted by molar-refractivity contribution is -0.169. The fourth-order valence-corrected chi connectivity index (χ4v) is 8.42. The minimum Gasteiger partial charge on any atom is -0.393 e. The Hall–Kier alpha value is -0.380. The Kier molecular flexibility index (Phi) is 3.08. The Bertz CT molecular complexity index is 600. The third-order valence-electron chi connectivity index (χ3n) is 9.43. The second-order valence-electron chi connectivity index (χ2n) is 10.1. The van der Waals surface area contributed by atoms with E-state index in [-0.39, 0.29) is 23.5 Å². The monoisotopic (exact) mass is 332 g/mol. The molecule has 9 atom stereocenters. The van der Waals surface area contributed by atoms with Gasteiger partial charge in [0.1, 0.15) is 0 Å². The van der Waals surface area contributed by atoms with Crippen molar-refractivity contribution >= 4 is 0 Å². The minimum absolute atomic E-state index is 0.0751. The molecular formula is C21H32O3. The maximum atomic E-state index is 11.2. The van der Waals surface area contributed by atoms with Gasteiger partial charge in [0.05, 0.1) is 18.3 Å². The van der Waals surface area contributed by atoms with Crippen molar-refractivity contribution in [3.8, 4) is 0 Å². The highest BCUT2D eigenvalue weighted by Gasteiger charge is 2.81. The molecule has 3 nitrogen and oxygen atoms in total. The van der Waals surface area contributed by atoms with Crippen molar-refractivity contribution in [1.29, 1.82) is 0 Å². The first-order valence-electron chi connectivity index (χ1n) is 10.1. The maximum Gasteiger partial charge on any atom is 0.0938 e. The van der Waals surface area contributed by atoms with Gasteiger partial charge < -0.3 is 15.3 Å². The van der Waals surface area contributed by atoms with Crippen LogP contribution in [0.15, 0.2) is 11.6 Å². The van der Waals surface area contributed by atoms with Crippen molar-refractivity contribution in [3.63, 3.8) is 0 Å². The summed E-state index contributed by atoms with van der Waals surface area (Å²) in [4.78, 5) is 0. The van der Waals surface area contributed by atoms with Gasteiger partial charge in [-0.05, 0) is 80.0 Å². The molecule has 0 aromatic heterocycles. The number of fused-ring (bicyclic) bond motifs is 3. The van der Waals surface area contributed by atoms with Gasteiger partial charge in [-0.3, -0.25) is 0 Å². The predicted octanol–water partition coefficient (Wildman–Crippen LogP) is 2.89. The van der Waals surface area contributed by atoms with Crippen LogP contribution in [0.1, 0.15) is 58.8 Å². The molecule has 4 fully saturated rings. The molecule has 5 rings (SSSR count). The molecule has 3 heteroatoms. The van der Waals surface area contributed by atoms with E-state index in [1.165, 1.54) is 18.4 Å². The lowest BCUT2D eigenvalue weighted by Crippen LogP contribution is -2.58. The molecule has 0 heterocycles. The van der Waals surface area contributed by atoms with Crippen LogP contribution in [-0.4, -0.2) is 33.6 Å². The van der Waals surface area contributed by atoms with Gasteiger partial charge in [0.25, 0.3) is 0 Å². The van der Waals surface area contributed by atoms with Gasteiger partial charge >= 0.3 is 0 Å². The van der Waals surface area contributed by atoms with Gasteiger partial charge in [-0.2, -0.15) is 0 Å². The lowest BCUT2D eigenvalue weighted by Gasteiger charge is -2.60. The van der Waals surface area contributed by atoms with Crippen molar-refractivity contribution < 1.29 is 15.3 Å². The van der Waals surface area contributed by atoms with Crippen LogP contribution in [0.3, 0.4) is 0 Å². The van der Waals surface area contributed by atoms with Gasteiger partial charge in [0.2, 0.25) is 0 Å². The zero-order chi connectivity index (χ0) is 16.9. The van der Waals surface area contributed by atoms with Gasteiger partial charge in [-0.1, -0.05) is 25.5 Å². The molecule has 0 aliphatic heterocycles. The van der Waals surface area contributed by atoms with Crippen LogP contribution in [0.2, 0.25) is 0 Å². The Balaban J connectivity index is 1.56. The summed E-state index contributed by atoms with van der Waals surface area (Å²) in [6, 6.07) is 0. The normalized spacial score (nSPS) is 61.3. The van der Waals surface area contributed by atoms with Crippen LogP contribution in [0.5, 0.6) is 0 Å². The van der Waals surface area contributed by atoms with E-state index in [9.17, 15) is 15.3 Å². The SMILES string of the molecule is C[C@@H]1CC2=C[C@H](O)CC[C@@H]2[C@H]2CC[C@]3(C)[C@](O)(CO)C[C@H]4C[C@]43[C@@H]21. The average molecular weight is 332 g/mol. The summed E-state index contributed by atoms with van der Waals surface area (Å²) in [6.07, 6.45) is 9.43. The zero-order valence-electron chi connectivity index (χ0n) is 15.0. The molecule has 5 aliphatic carbocycles. The smallest absolute Gasteiger partial charge is 0.0938 e. The topological polar surface area (TPSA) is 60.7 Å². The summed E-state index contributed by atoms with van der Waals surface area (Å²) in [5.74, 6) is 3.34. The minimum atomic E-state index is -0.862. The summed E-state index contributed by atoms with van der Waals surface area (Å²) in [5, 5.41) is 31.2. The fourth-order valence-electron chi connectivity index (χ4n) is 8.42. The van der Waals surface area contributed by atoms with E-state index >= 15 is 0 Å². The highest BCUT2D eigenvalue weighted by Crippen LogP contribution is 2.84. The standard InChI is InChI=1S/C21H32O3/c1-12-7-13-8-15(23)3-4-16(13)17-5-6-19(2)20(24,11-22)9-14-10-21(14,19)18(12)17/h8,12,14-18,22-24H,3-7,9-11H2,1-2H3/t12-,14+,15-,16+,17-,18-,19-,20-,21-/m1/s1. The zero-order valence-corrected chi connectivity index (χ0v) is 15.0. The van der Waals surface area contributed by atoms with Gasteiger partial charge in [-0.25, -0.2) is 0 Å². The number of hydrogen-bond acceptors (Lipinski definition) is 3. The van der Waals surface area contributed by atoms with Crippen LogP contribution in [0.25, 0.3) is 0 Å². The van der Waals surface area contributed by atoms with Crippen LogP contribution < -0.4 is 0 Å². The van der Waals surface area contributed by atoms with Gasteiger partial charge in [-0.15, -0.1) is 0 Å². The molecule has 24 heavy (non-hydrogen) atoms. The van der Waals surface area contributed by atoms with E-state index in [1.54, 1.807) is 0 Å². The van der Waals surface area contributed by atoms with Crippen molar-refractivity contribution in [2.24, 2.45) is 40.4 Å². The van der Waals surface area contributed by atoms with Crippen molar-refractivity contribution in [3.05, 3.63) is 11.6 Å². The molecule has 1 spiro atoms. The summed E-state index contributed by atoms with van der Waals surface area (Å²) < 4.78 is 0. The highest BCUT2D eigenvalue weighted by atomic mass is 16.3. The molecule has 0 amide bonds. The van der Waals surface area contributed by atoms with Gasteiger partial charge in [0, 0.05) is 5.41 Å². The maximum absolute atomic E-state index is 11.2. The van der Waals surface area contributed by atoms with E-state index in [0.717, 1.165) is 38.0 Å². The third-order valence-corrected chi connectivity index (χ3v) is 9.43. The second kappa shape index (κ2) is 4.66. The molecule has 134 valence electrons. The average Bonchev–Trinajstić information content (AvgIpc) is 3.19. The molecule has 0 aromatic carbocycles. The van der Waals surface area contributed by atoms with Crippen LogP contribution >= 0.6 is 0 Å². The Morgan fingerprint density at radius 2 is 2.00 bits per heavy atom. The number of rotatable bonds is 1. The predicted molar refractivity (Wildman–Crippen MR) is 92.1 cm³/mol. The molecule has 0 aromatic rings.